The van der Waals surface area contributed by atoms with Crippen LogP contribution in [-0.4, -0.2) is 15.5 Å². The molecule has 5 nitrogen and oxygen atoms in total. The number of nitrogens with two attached hydrogens (primary N) is 1. The van der Waals surface area contributed by atoms with Crippen LogP contribution in [0.2, 0.25) is 0 Å². The van der Waals surface area contributed by atoms with Gasteiger partial charge in [-0.1, -0.05) is 18.2 Å². The van der Waals surface area contributed by atoms with Crippen molar-refractivity contribution in [3.63, 3.8) is 0 Å². The average molecular weight is 230 g/mol. The second kappa shape index (κ2) is 5.27. The monoisotopic (exact) mass is 230 g/mol. The SMILES string of the molecule is NCc1cn(CC(=O)Nc2ccccc2)cn1. The van der Waals surface area contributed by atoms with Crippen LogP contribution in [0.3, 0.4) is 0 Å². The van der Waals surface area contributed by atoms with E-state index in [9.17, 15) is 4.79 Å². The number of nitrogens with one attached hydrogen (secondary N) is 1. The van der Waals surface area contributed by atoms with Crippen molar-refractivity contribution in [1.82, 2.24) is 9.55 Å². The fraction of sp³-hybridized carbons (Fsp3) is 0.167. The molecule has 0 spiro atoms. The third-order valence-electron chi connectivity index (χ3n) is 2.28. The van der Waals surface area contributed by atoms with E-state index in [2.05, 4.69) is 10.3 Å². The zero-order valence-electron chi connectivity index (χ0n) is 9.34. The van der Waals surface area contributed by atoms with E-state index in [4.69, 9.17) is 5.73 Å². The lowest BCUT2D eigenvalue weighted by atomic mass is 10.3. The van der Waals surface area contributed by atoms with Crippen molar-refractivity contribution in [1.29, 1.82) is 0 Å². The van der Waals surface area contributed by atoms with Crippen molar-refractivity contribution in [2.75, 3.05) is 5.32 Å². The van der Waals surface area contributed by atoms with E-state index in [-0.39, 0.29) is 12.5 Å². The smallest absolute Gasteiger partial charge is 0.244 e. The third kappa shape index (κ3) is 3.15. The normalized spacial score (nSPS) is 10.2. The molecule has 0 radical (unpaired) electrons. The second-order valence-electron chi connectivity index (χ2n) is 3.66. The summed E-state index contributed by atoms with van der Waals surface area (Å²) in [6.07, 6.45) is 3.37. The molecule has 1 aromatic carbocycles. The molecule has 0 fully saturated rings. The highest BCUT2D eigenvalue weighted by Crippen LogP contribution is 2.05. The molecule has 0 saturated heterocycles. The number of benzene rings is 1. The van der Waals surface area contributed by atoms with Crippen molar-refractivity contribution in [2.24, 2.45) is 5.73 Å². The molecule has 1 amide bonds. The molecule has 17 heavy (non-hydrogen) atoms. The molecule has 0 atom stereocenters. The molecule has 0 aliphatic heterocycles. The molecular formula is C12H14N4O. The number of hydrogen-bond acceptors (Lipinski definition) is 3. The summed E-state index contributed by atoms with van der Waals surface area (Å²) in [5.41, 5.74) is 7.01. The average Bonchev–Trinajstić information content (AvgIpc) is 2.78. The quantitative estimate of drug-likeness (QED) is 0.822. The zero-order chi connectivity index (χ0) is 12.1. The number of para-hydroxylation sites is 1. The van der Waals surface area contributed by atoms with Gasteiger partial charge in [-0.2, -0.15) is 0 Å². The molecule has 2 aromatic rings. The minimum Gasteiger partial charge on any atom is -0.328 e. The highest BCUT2D eigenvalue weighted by molar-refractivity contribution is 5.90. The molecule has 2 rings (SSSR count). The van der Waals surface area contributed by atoms with Gasteiger partial charge in [-0.25, -0.2) is 4.98 Å². The number of anilines is 1. The van der Waals surface area contributed by atoms with E-state index in [0.717, 1.165) is 11.4 Å². The number of carbonyl (C=O) groups is 1. The van der Waals surface area contributed by atoms with Gasteiger partial charge in [0.1, 0.15) is 6.54 Å². The Morgan fingerprint density at radius 3 is 2.76 bits per heavy atom. The van der Waals surface area contributed by atoms with Crippen molar-refractivity contribution >= 4 is 11.6 Å². The Hall–Kier alpha value is -2.14. The number of nitrogens with zero attached hydrogens (tertiary/aromatic N) is 2. The molecule has 0 bridgehead atoms. The summed E-state index contributed by atoms with van der Waals surface area (Å²) in [4.78, 5) is 15.7. The minimum absolute atomic E-state index is 0.0860. The summed E-state index contributed by atoms with van der Waals surface area (Å²) in [6, 6.07) is 9.34. The van der Waals surface area contributed by atoms with E-state index in [1.54, 1.807) is 17.1 Å². The molecule has 3 N–H and O–H groups in total. The summed E-state index contributed by atoms with van der Waals surface area (Å²) < 4.78 is 1.71. The minimum atomic E-state index is -0.0860. The Labute approximate surface area is 99.3 Å². The number of rotatable bonds is 4. The summed E-state index contributed by atoms with van der Waals surface area (Å²) in [7, 11) is 0. The maximum absolute atomic E-state index is 11.7. The summed E-state index contributed by atoms with van der Waals surface area (Å²) in [5.74, 6) is -0.0860. The molecule has 0 aliphatic rings. The van der Waals surface area contributed by atoms with E-state index < -0.39 is 0 Å². The predicted octanol–water partition coefficient (Wildman–Crippen LogP) is 0.980. The molecule has 0 unspecified atom stereocenters. The van der Waals surface area contributed by atoms with Crippen molar-refractivity contribution in [2.45, 2.75) is 13.1 Å². The number of amides is 1. The first-order valence-corrected chi connectivity index (χ1v) is 5.33. The van der Waals surface area contributed by atoms with Crippen molar-refractivity contribution < 1.29 is 4.79 Å². The van der Waals surface area contributed by atoms with E-state index >= 15 is 0 Å². The van der Waals surface area contributed by atoms with Crippen molar-refractivity contribution in [3.05, 3.63) is 48.5 Å². The molecule has 0 aliphatic carbocycles. The fourth-order valence-corrected chi connectivity index (χ4v) is 1.49. The van der Waals surface area contributed by atoms with Gasteiger partial charge in [0.2, 0.25) is 5.91 Å². The third-order valence-corrected chi connectivity index (χ3v) is 2.28. The lowest BCUT2D eigenvalue weighted by Gasteiger charge is -2.04. The van der Waals surface area contributed by atoms with Crippen LogP contribution in [0.5, 0.6) is 0 Å². The molecular weight excluding hydrogens is 216 g/mol. The Kier molecular flexibility index (Phi) is 3.52. The fourth-order valence-electron chi connectivity index (χ4n) is 1.49. The topological polar surface area (TPSA) is 72.9 Å². The van der Waals surface area contributed by atoms with E-state index in [0.29, 0.717) is 6.54 Å². The van der Waals surface area contributed by atoms with Gasteiger partial charge in [-0.05, 0) is 12.1 Å². The van der Waals surface area contributed by atoms with Crippen LogP contribution in [-0.2, 0) is 17.9 Å². The standard InChI is InChI=1S/C12H14N4O/c13-6-11-7-16(9-14-11)8-12(17)15-10-4-2-1-3-5-10/h1-5,7,9H,6,8,13H2,(H,15,17). The Balaban J connectivity index is 1.93. The van der Waals surface area contributed by atoms with E-state index in [1.807, 2.05) is 30.3 Å². The van der Waals surface area contributed by atoms with Crippen LogP contribution in [0.4, 0.5) is 5.69 Å². The van der Waals surface area contributed by atoms with Crippen LogP contribution < -0.4 is 11.1 Å². The maximum atomic E-state index is 11.7. The van der Waals surface area contributed by atoms with Crippen LogP contribution in [0.15, 0.2) is 42.9 Å². The Morgan fingerprint density at radius 1 is 1.35 bits per heavy atom. The molecule has 1 aromatic heterocycles. The highest BCUT2D eigenvalue weighted by Gasteiger charge is 2.04. The number of aromatic nitrogens is 2. The summed E-state index contributed by atoms with van der Waals surface area (Å²) in [6.45, 7) is 0.620. The summed E-state index contributed by atoms with van der Waals surface area (Å²) >= 11 is 0. The van der Waals surface area contributed by atoms with Crippen molar-refractivity contribution in [3.8, 4) is 0 Å². The largest absolute Gasteiger partial charge is 0.328 e. The van der Waals surface area contributed by atoms with Gasteiger partial charge in [0.15, 0.2) is 0 Å². The van der Waals surface area contributed by atoms with Crippen LogP contribution in [0, 0.1) is 0 Å². The van der Waals surface area contributed by atoms with Crippen LogP contribution in [0.25, 0.3) is 0 Å². The lowest BCUT2D eigenvalue weighted by Crippen LogP contribution is -2.17. The number of hydrogen-bond donors (Lipinski definition) is 2. The molecule has 88 valence electrons. The first-order valence-electron chi connectivity index (χ1n) is 5.33. The Bertz CT molecular complexity index is 492. The molecule has 0 saturated carbocycles. The predicted molar refractivity (Wildman–Crippen MR) is 65.2 cm³/mol. The first-order chi connectivity index (χ1) is 8.28. The van der Waals surface area contributed by atoms with Gasteiger partial charge in [-0.15, -0.1) is 0 Å². The second-order valence-corrected chi connectivity index (χ2v) is 3.66. The van der Waals surface area contributed by atoms with Gasteiger partial charge in [-0.3, -0.25) is 4.79 Å². The maximum Gasteiger partial charge on any atom is 0.244 e. The van der Waals surface area contributed by atoms with E-state index in [1.165, 1.54) is 0 Å². The van der Waals surface area contributed by atoms with Crippen LogP contribution >= 0.6 is 0 Å². The Morgan fingerprint density at radius 2 is 2.12 bits per heavy atom. The zero-order valence-corrected chi connectivity index (χ0v) is 9.34. The highest BCUT2D eigenvalue weighted by atomic mass is 16.1. The number of carbonyl (C=O) groups excluding carboxylic acids is 1. The lowest BCUT2D eigenvalue weighted by molar-refractivity contribution is -0.116. The van der Waals surface area contributed by atoms with Gasteiger partial charge >= 0.3 is 0 Å². The molecule has 1 heterocycles. The molecule has 5 heteroatoms. The van der Waals surface area contributed by atoms with Gasteiger partial charge in [0.05, 0.1) is 12.0 Å². The van der Waals surface area contributed by atoms with Gasteiger partial charge in [0.25, 0.3) is 0 Å². The summed E-state index contributed by atoms with van der Waals surface area (Å²) in [5, 5.41) is 2.80. The van der Waals surface area contributed by atoms with Crippen LogP contribution in [0.1, 0.15) is 5.69 Å². The first kappa shape index (κ1) is 11.3. The number of imidazole rings is 1. The van der Waals surface area contributed by atoms with Gasteiger partial charge < -0.3 is 15.6 Å². The van der Waals surface area contributed by atoms with Gasteiger partial charge in [0, 0.05) is 18.4 Å².